The first-order chi connectivity index (χ1) is 14.7. The molecule has 7 nitrogen and oxygen atoms in total. The summed E-state index contributed by atoms with van der Waals surface area (Å²) in [5.41, 5.74) is 2.36. The number of hydrogen-bond donors (Lipinski definition) is 1. The number of aromatic nitrogens is 5. The van der Waals surface area contributed by atoms with E-state index in [2.05, 4.69) is 54.6 Å². The minimum atomic E-state index is 0.709. The van der Waals surface area contributed by atoms with Crippen LogP contribution in [0.4, 0.5) is 5.82 Å². The Morgan fingerprint density at radius 1 is 1.13 bits per heavy atom. The van der Waals surface area contributed by atoms with Gasteiger partial charge in [-0.25, -0.2) is 9.97 Å². The van der Waals surface area contributed by atoms with Crippen molar-refractivity contribution in [1.82, 2.24) is 29.6 Å². The second kappa shape index (κ2) is 8.12. The van der Waals surface area contributed by atoms with Crippen molar-refractivity contribution >= 4 is 27.4 Å². The van der Waals surface area contributed by atoms with E-state index < -0.39 is 0 Å². The fourth-order valence-electron chi connectivity index (χ4n) is 3.99. The molecule has 0 bridgehead atoms. The molecule has 1 N–H and O–H groups in total. The third-order valence-electron chi connectivity index (χ3n) is 5.35. The summed E-state index contributed by atoms with van der Waals surface area (Å²) in [6.07, 6.45) is 3.03. The Morgan fingerprint density at radius 3 is 2.83 bits per heavy atom. The van der Waals surface area contributed by atoms with Gasteiger partial charge in [0.2, 0.25) is 0 Å². The minimum Gasteiger partial charge on any atom is -0.369 e. The first-order valence-corrected chi connectivity index (χ1v) is 11.2. The summed E-state index contributed by atoms with van der Waals surface area (Å²) in [5, 5.41) is 15.6. The third-order valence-corrected chi connectivity index (χ3v) is 6.22. The van der Waals surface area contributed by atoms with Gasteiger partial charge in [-0.05, 0) is 26.1 Å². The molecule has 0 unspecified atom stereocenters. The third kappa shape index (κ3) is 3.68. The largest absolute Gasteiger partial charge is 0.369 e. The van der Waals surface area contributed by atoms with Crippen LogP contribution < -0.4 is 5.32 Å². The zero-order valence-electron chi connectivity index (χ0n) is 17.3. The first kappa shape index (κ1) is 19.1. The smallest absolute Gasteiger partial charge is 0.146 e. The fourth-order valence-corrected chi connectivity index (χ4v) is 4.95. The van der Waals surface area contributed by atoms with Gasteiger partial charge in [-0.15, -0.1) is 21.5 Å². The molecule has 0 saturated carbocycles. The van der Waals surface area contributed by atoms with Gasteiger partial charge in [0.05, 0.1) is 11.9 Å². The van der Waals surface area contributed by atoms with Gasteiger partial charge in [-0.3, -0.25) is 0 Å². The second-order valence-corrected chi connectivity index (χ2v) is 8.74. The number of hydrogen-bond acceptors (Lipinski definition) is 7. The van der Waals surface area contributed by atoms with Gasteiger partial charge in [0, 0.05) is 36.9 Å². The molecule has 0 atom stereocenters. The van der Waals surface area contributed by atoms with Crippen molar-refractivity contribution in [3.63, 3.8) is 0 Å². The molecule has 3 aromatic heterocycles. The van der Waals surface area contributed by atoms with Crippen LogP contribution in [0.5, 0.6) is 0 Å². The predicted octanol–water partition coefficient (Wildman–Crippen LogP) is 3.61. The number of thiophene rings is 1. The van der Waals surface area contributed by atoms with Crippen LogP contribution in [0.15, 0.2) is 35.7 Å². The lowest BCUT2D eigenvalue weighted by Gasteiger charge is -2.13. The highest BCUT2D eigenvalue weighted by Crippen LogP contribution is 2.37. The van der Waals surface area contributed by atoms with Crippen LogP contribution in [0.1, 0.15) is 23.9 Å². The molecule has 154 valence electrons. The van der Waals surface area contributed by atoms with Gasteiger partial charge in [0.1, 0.15) is 28.1 Å². The molecule has 0 fully saturated rings. The van der Waals surface area contributed by atoms with Gasteiger partial charge in [0.15, 0.2) is 0 Å². The van der Waals surface area contributed by atoms with Crippen molar-refractivity contribution in [1.29, 1.82) is 0 Å². The van der Waals surface area contributed by atoms with Crippen molar-refractivity contribution in [2.75, 3.05) is 26.0 Å². The number of rotatable bonds is 7. The molecule has 1 aliphatic rings. The standard InChI is InChI=1S/C22H25N7S/c1-28(2)13-17-24-21(23-11-10-19-27-26-18-9-6-12-29(18)19)20-16(14-30-22(20)25-17)15-7-4-3-5-8-15/h3-5,7-8,14H,6,9-13H2,1-2H3,(H,23,24,25). The second-order valence-electron chi connectivity index (χ2n) is 7.89. The van der Waals surface area contributed by atoms with E-state index in [1.165, 1.54) is 17.5 Å². The monoisotopic (exact) mass is 419 g/mol. The summed E-state index contributed by atoms with van der Waals surface area (Å²) in [7, 11) is 4.08. The minimum absolute atomic E-state index is 0.709. The molecule has 4 aromatic rings. The number of aryl methyl sites for hydroxylation is 1. The van der Waals surface area contributed by atoms with E-state index in [-0.39, 0.29) is 0 Å². The Balaban J connectivity index is 1.46. The number of benzene rings is 1. The maximum absolute atomic E-state index is 4.89. The molecule has 30 heavy (non-hydrogen) atoms. The summed E-state index contributed by atoms with van der Waals surface area (Å²) >= 11 is 1.68. The van der Waals surface area contributed by atoms with Gasteiger partial charge in [-0.1, -0.05) is 30.3 Å². The van der Waals surface area contributed by atoms with Crippen molar-refractivity contribution < 1.29 is 0 Å². The van der Waals surface area contributed by atoms with E-state index in [1.54, 1.807) is 11.3 Å². The van der Waals surface area contributed by atoms with Gasteiger partial charge >= 0.3 is 0 Å². The number of nitrogens with one attached hydrogen (secondary N) is 1. The molecular formula is C22H25N7S. The van der Waals surface area contributed by atoms with E-state index in [0.29, 0.717) is 6.54 Å². The van der Waals surface area contributed by atoms with Crippen LogP contribution in [0.2, 0.25) is 0 Å². The predicted molar refractivity (Wildman–Crippen MR) is 121 cm³/mol. The summed E-state index contributed by atoms with van der Waals surface area (Å²) in [6, 6.07) is 10.5. The zero-order valence-corrected chi connectivity index (χ0v) is 18.1. The average molecular weight is 420 g/mol. The van der Waals surface area contributed by atoms with Gasteiger partial charge in [-0.2, -0.15) is 0 Å². The van der Waals surface area contributed by atoms with Crippen LogP contribution in [-0.4, -0.2) is 50.3 Å². The number of nitrogens with zero attached hydrogens (tertiary/aromatic N) is 6. The van der Waals surface area contributed by atoms with Crippen LogP contribution in [0.25, 0.3) is 21.3 Å². The first-order valence-electron chi connectivity index (χ1n) is 10.3. The molecule has 1 aromatic carbocycles. The molecule has 1 aliphatic heterocycles. The molecule has 0 radical (unpaired) electrons. The lowest BCUT2D eigenvalue weighted by atomic mass is 10.1. The average Bonchev–Trinajstić information content (AvgIpc) is 3.45. The quantitative estimate of drug-likeness (QED) is 0.493. The van der Waals surface area contributed by atoms with Crippen LogP contribution in [0, 0.1) is 0 Å². The maximum Gasteiger partial charge on any atom is 0.146 e. The van der Waals surface area contributed by atoms with Gasteiger partial charge in [0.25, 0.3) is 0 Å². The fraction of sp³-hybridized carbons (Fsp3) is 0.364. The normalized spacial score (nSPS) is 13.3. The van der Waals surface area contributed by atoms with Crippen molar-refractivity contribution in [3.8, 4) is 11.1 Å². The van der Waals surface area contributed by atoms with E-state index in [1.807, 2.05) is 20.2 Å². The lowest BCUT2D eigenvalue weighted by Crippen LogP contribution is -2.15. The summed E-state index contributed by atoms with van der Waals surface area (Å²) in [6.45, 7) is 2.50. The highest BCUT2D eigenvalue weighted by molar-refractivity contribution is 7.17. The zero-order chi connectivity index (χ0) is 20.5. The van der Waals surface area contributed by atoms with E-state index in [0.717, 1.165) is 59.4 Å². The Morgan fingerprint density at radius 2 is 2.00 bits per heavy atom. The van der Waals surface area contributed by atoms with Crippen molar-refractivity contribution in [2.24, 2.45) is 0 Å². The van der Waals surface area contributed by atoms with Crippen molar-refractivity contribution in [3.05, 3.63) is 53.2 Å². The SMILES string of the molecule is CN(C)Cc1nc(NCCc2nnc3n2CCC3)c2c(-c3ccccc3)csc2n1. The molecule has 0 amide bonds. The van der Waals surface area contributed by atoms with Crippen LogP contribution in [0.3, 0.4) is 0 Å². The Bertz CT molecular complexity index is 1160. The molecule has 8 heteroatoms. The van der Waals surface area contributed by atoms with E-state index in [9.17, 15) is 0 Å². The highest BCUT2D eigenvalue weighted by atomic mass is 32.1. The molecule has 5 rings (SSSR count). The maximum atomic E-state index is 4.89. The Hall–Kier alpha value is -2.84. The van der Waals surface area contributed by atoms with Crippen LogP contribution in [-0.2, 0) is 25.9 Å². The lowest BCUT2D eigenvalue weighted by molar-refractivity contribution is 0.391. The Labute approximate surface area is 179 Å². The number of fused-ring (bicyclic) bond motifs is 2. The van der Waals surface area contributed by atoms with Crippen molar-refractivity contribution in [2.45, 2.75) is 32.4 Å². The van der Waals surface area contributed by atoms with Gasteiger partial charge < -0.3 is 14.8 Å². The summed E-state index contributed by atoms with van der Waals surface area (Å²) in [4.78, 5) is 12.8. The summed E-state index contributed by atoms with van der Waals surface area (Å²) < 4.78 is 2.26. The molecule has 0 aliphatic carbocycles. The van der Waals surface area contributed by atoms with E-state index >= 15 is 0 Å². The molecule has 0 saturated heterocycles. The van der Waals surface area contributed by atoms with E-state index in [4.69, 9.17) is 9.97 Å². The Kier molecular flexibility index (Phi) is 5.18. The van der Waals surface area contributed by atoms with Crippen LogP contribution >= 0.6 is 11.3 Å². The summed E-state index contributed by atoms with van der Waals surface area (Å²) in [5.74, 6) is 3.91. The number of anilines is 1. The highest BCUT2D eigenvalue weighted by Gasteiger charge is 2.18. The molecular weight excluding hydrogens is 394 g/mol. The topological polar surface area (TPSA) is 71.8 Å². The molecule has 4 heterocycles. The molecule has 0 spiro atoms.